The molecule has 0 aromatic carbocycles. The van der Waals surface area contributed by atoms with Gasteiger partial charge in [0.15, 0.2) is 0 Å². The molecular formula is C11H18. The van der Waals surface area contributed by atoms with Gasteiger partial charge in [-0.25, -0.2) is 0 Å². The Balaban J connectivity index is 0. The van der Waals surface area contributed by atoms with E-state index in [9.17, 15) is 0 Å². The van der Waals surface area contributed by atoms with E-state index in [1.165, 1.54) is 0 Å². The van der Waals surface area contributed by atoms with Crippen molar-refractivity contribution in [3.05, 3.63) is 24.3 Å². The van der Waals surface area contributed by atoms with Crippen molar-refractivity contribution >= 4 is 0 Å². The largest absolute Gasteiger partial charge is 0.119 e. The molecule has 0 saturated carbocycles. The normalized spacial score (nSPS) is 11.2. The summed E-state index contributed by atoms with van der Waals surface area (Å²) >= 11 is 0. The minimum absolute atomic E-state index is 0.224. The van der Waals surface area contributed by atoms with Crippen molar-refractivity contribution in [2.24, 2.45) is 5.92 Å². The highest BCUT2D eigenvalue weighted by molar-refractivity contribution is 5.15. The van der Waals surface area contributed by atoms with Gasteiger partial charge in [0, 0.05) is 5.92 Å². The highest BCUT2D eigenvalue weighted by atomic mass is 13.9. The van der Waals surface area contributed by atoms with Gasteiger partial charge in [-0.2, -0.15) is 0 Å². The van der Waals surface area contributed by atoms with Crippen LogP contribution in [-0.2, 0) is 0 Å². The fourth-order valence-corrected chi connectivity index (χ4v) is 0.364. The number of rotatable bonds is 2. The number of hydrogen-bond acceptors (Lipinski definition) is 0. The van der Waals surface area contributed by atoms with Crippen LogP contribution in [0, 0.1) is 18.3 Å². The van der Waals surface area contributed by atoms with Crippen molar-refractivity contribution in [3.63, 3.8) is 0 Å². The van der Waals surface area contributed by atoms with Gasteiger partial charge in [-0.1, -0.05) is 44.1 Å². The molecule has 0 N–H and O–H groups in total. The Morgan fingerprint density at radius 2 is 2.00 bits per heavy atom. The Bertz CT molecular complexity index is 155. The second-order valence-corrected chi connectivity index (χ2v) is 2.16. The van der Waals surface area contributed by atoms with Crippen molar-refractivity contribution in [1.82, 2.24) is 0 Å². The second-order valence-electron chi connectivity index (χ2n) is 2.16. The molecule has 0 aromatic rings. The Kier molecular flexibility index (Phi) is 10.4. The zero-order valence-electron chi connectivity index (χ0n) is 8.02. The molecule has 1 atom stereocenters. The number of terminal acetylenes is 1. The lowest BCUT2D eigenvalue weighted by molar-refractivity contribution is 0.980. The van der Waals surface area contributed by atoms with Gasteiger partial charge in [-0.05, 0) is 13.8 Å². The molecule has 0 nitrogen and oxygen atoms in total. The molecule has 0 spiro atoms. The number of hydrogen-bond donors (Lipinski definition) is 0. The summed E-state index contributed by atoms with van der Waals surface area (Å²) in [6, 6.07) is 0. The van der Waals surface area contributed by atoms with Gasteiger partial charge in [0.2, 0.25) is 0 Å². The molecule has 0 heterocycles. The monoisotopic (exact) mass is 150 g/mol. The average Bonchev–Trinajstić information content (AvgIpc) is 2.04. The van der Waals surface area contributed by atoms with Gasteiger partial charge < -0.3 is 0 Å². The molecule has 0 saturated heterocycles. The van der Waals surface area contributed by atoms with Crippen molar-refractivity contribution in [3.8, 4) is 12.3 Å². The van der Waals surface area contributed by atoms with E-state index < -0.39 is 0 Å². The summed E-state index contributed by atoms with van der Waals surface area (Å²) in [5.41, 5.74) is 1.04. The van der Waals surface area contributed by atoms with Crippen LogP contribution in [0.15, 0.2) is 24.3 Å². The van der Waals surface area contributed by atoms with Crippen molar-refractivity contribution in [2.75, 3.05) is 0 Å². The summed E-state index contributed by atoms with van der Waals surface area (Å²) in [4.78, 5) is 0. The van der Waals surface area contributed by atoms with Crippen LogP contribution in [0.4, 0.5) is 0 Å². The molecule has 0 fully saturated rings. The minimum atomic E-state index is 0.224. The van der Waals surface area contributed by atoms with Gasteiger partial charge in [0.1, 0.15) is 0 Å². The first-order valence-corrected chi connectivity index (χ1v) is 3.96. The molecule has 0 aliphatic heterocycles. The molecule has 62 valence electrons. The van der Waals surface area contributed by atoms with Crippen LogP contribution in [0.3, 0.4) is 0 Å². The van der Waals surface area contributed by atoms with Crippen molar-refractivity contribution in [1.29, 1.82) is 0 Å². The van der Waals surface area contributed by atoms with Gasteiger partial charge in [-0.15, -0.1) is 6.42 Å². The molecule has 0 aromatic heterocycles. The lowest BCUT2D eigenvalue weighted by Crippen LogP contribution is -1.80. The second kappa shape index (κ2) is 9.04. The molecule has 0 amide bonds. The Labute approximate surface area is 71.0 Å². The molecule has 1 unspecified atom stereocenters. The first-order chi connectivity index (χ1) is 5.16. The third kappa shape index (κ3) is 12.3. The van der Waals surface area contributed by atoms with E-state index in [1.807, 2.05) is 39.8 Å². The quantitative estimate of drug-likeness (QED) is 0.418. The Hall–Kier alpha value is -0.960. The molecule has 0 aliphatic rings. The van der Waals surface area contributed by atoms with Gasteiger partial charge in [0.05, 0.1) is 0 Å². The van der Waals surface area contributed by atoms with E-state index in [4.69, 9.17) is 6.42 Å². The fraction of sp³-hybridized carbons (Fsp3) is 0.455. The topological polar surface area (TPSA) is 0 Å². The van der Waals surface area contributed by atoms with Crippen LogP contribution in [-0.4, -0.2) is 0 Å². The van der Waals surface area contributed by atoms with Crippen molar-refractivity contribution < 1.29 is 0 Å². The summed E-state index contributed by atoms with van der Waals surface area (Å²) in [5.74, 6) is 2.82. The maximum absolute atomic E-state index is 5.13. The summed E-state index contributed by atoms with van der Waals surface area (Å²) < 4.78 is 0. The van der Waals surface area contributed by atoms with E-state index in [0.717, 1.165) is 5.57 Å². The van der Waals surface area contributed by atoms with E-state index >= 15 is 0 Å². The zero-order chi connectivity index (χ0) is 9.28. The van der Waals surface area contributed by atoms with Crippen LogP contribution in [0.1, 0.15) is 27.7 Å². The predicted octanol–water partition coefficient (Wildman–Crippen LogP) is 3.41. The molecule has 11 heavy (non-hydrogen) atoms. The third-order valence-electron chi connectivity index (χ3n) is 0.932. The standard InChI is InChI=1S/C9H12.C2H6/c1-5-9(4)7-6-8(2)3;1-2/h1,6-7,9H,2H2,3-4H3;1-2H3/b7-6-;. The molecule has 0 bridgehead atoms. The van der Waals surface area contributed by atoms with E-state index in [2.05, 4.69) is 12.5 Å². The molecule has 0 radical (unpaired) electrons. The maximum Gasteiger partial charge on any atom is 0.0354 e. The smallest absolute Gasteiger partial charge is 0.0354 e. The van der Waals surface area contributed by atoms with Crippen LogP contribution in [0.5, 0.6) is 0 Å². The number of allylic oxidation sites excluding steroid dienone is 3. The minimum Gasteiger partial charge on any atom is -0.119 e. The zero-order valence-corrected chi connectivity index (χ0v) is 8.02. The third-order valence-corrected chi connectivity index (χ3v) is 0.932. The van der Waals surface area contributed by atoms with Crippen LogP contribution >= 0.6 is 0 Å². The molecular weight excluding hydrogens is 132 g/mol. The first kappa shape index (κ1) is 12.7. The highest BCUT2D eigenvalue weighted by Crippen LogP contribution is 1.97. The summed E-state index contributed by atoms with van der Waals surface area (Å²) in [6.07, 6.45) is 9.02. The lowest BCUT2D eigenvalue weighted by atomic mass is 10.1. The maximum atomic E-state index is 5.13. The lowest BCUT2D eigenvalue weighted by Gasteiger charge is -1.91. The average molecular weight is 150 g/mol. The van der Waals surface area contributed by atoms with Gasteiger partial charge in [-0.3, -0.25) is 0 Å². The van der Waals surface area contributed by atoms with E-state index in [-0.39, 0.29) is 5.92 Å². The first-order valence-electron chi connectivity index (χ1n) is 3.96. The van der Waals surface area contributed by atoms with E-state index in [0.29, 0.717) is 0 Å². The summed E-state index contributed by atoms with van der Waals surface area (Å²) in [5, 5.41) is 0. The SMILES string of the molecule is C#CC(C)/C=C\C(=C)C.CC. The fourth-order valence-electron chi connectivity index (χ4n) is 0.364. The molecule has 0 aliphatic carbocycles. The van der Waals surface area contributed by atoms with Gasteiger partial charge in [0.25, 0.3) is 0 Å². The Morgan fingerprint density at radius 1 is 1.55 bits per heavy atom. The summed E-state index contributed by atoms with van der Waals surface area (Å²) in [6.45, 7) is 11.6. The van der Waals surface area contributed by atoms with Crippen LogP contribution in [0.2, 0.25) is 0 Å². The van der Waals surface area contributed by atoms with Crippen molar-refractivity contribution in [2.45, 2.75) is 27.7 Å². The molecule has 0 rings (SSSR count). The van der Waals surface area contributed by atoms with Crippen LogP contribution in [0.25, 0.3) is 0 Å². The predicted molar refractivity (Wildman–Crippen MR) is 53.3 cm³/mol. The van der Waals surface area contributed by atoms with E-state index in [1.54, 1.807) is 0 Å². The van der Waals surface area contributed by atoms with Gasteiger partial charge >= 0.3 is 0 Å². The molecule has 0 heteroatoms. The highest BCUT2D eigenvalue weighted by Gasteiger charge is 1.84. The Morgan fingerprint density at radius 3 is 2.27 bits per heavy atom. The van der Waals surface area contributed by atoms with Crippen LogP contribution < -0.4 is 0 Å². The summed E-state index contributed by atoms with van der Waals surface area (Å²) in [7, 11) is 0.